The number of nitrogens with zero attached hydrogens (tertiary/aromatic N) is 1. The summed E-state index contributed by atoms with van der Waals surface area (Å²) in [6.07, 6.45) is 21.6. The Balaban J connectivity index is 2.99. The Morgan fingerprint density at radius 3 is 1.54 bits per heavy atom. The molecular weight excluding hydrogens is 294 g/mol. The molecule has 0 amide bonds. The van der Waals surface area contributed by atoms with E-state index in [1.54, 1.807) is 0 Å². The third kappa shape index (κ3) is 19.5. The first-order valence-corrected chi connectivity index (χ1v) is 10.8. The normalized spacial score (nSPS) is 12.2. The van der Waals surface area contributed by atoms with Crippen LogP contribution in [0, 0.1) is 17.2 Å². The quantitative estimate of drug-likeness (QED) is 0.230. The van der Waals surface area contributed by atoms with Crippen molar-refractivity contribution in [3.05, 3.63) is 0 Å². The van der Waals surface area contributed by atoms with Crippen molar-refractivity contribution < 1.29 is 4.74 Å². The van der Waals surface area contributed by atoms with Gasteiger partial charge < -0.3 is 4.74 Å². The molecule has 0 fully saturated rings. The summed E-state index contributed by atoms with van der Waals surface area (Å²) in [5.41, 5.74) is 0. The van der Waals surface area contributed by atoms with Gasteiger partial charge in [-0.2, -0.15) is 5.26 Å². The summed E-state index contributed by atoms with van der Waals surface area (Å²) >= 11 is 0. The molecule has 0 aromatic heterocycles. The van der Waals surface area contributed by atoms with Crippen LogP contribution < -0.4 is 0 Å². The molecule has 2 nitrogen and oxygen atoms in total. The molecule has 0 aromatic carbocycles. The number of hydrogen-bond donors (Lipinski definition) is 0. The molecule has 0 saturated carbocycles. The van der Waals surface area contributed by atoms with Gasteiger partial charge in [-0.1, -0.05) is 90.4 Å². The highest BCUT2D eigenvalue weighted by Crippen LogP contribution is 2.13. The fraction of sp³-hybridized carbons (Fsp3) is 0.955. The molecule has 0 saturated heterocycles. The van der Waals surface area contributed by atoms with E-state index in [1.807, 2.05) is 6.92 Å². The summed E-state index contributed by atoms with van der Waals surface area (Å²) in [5, 5.41) is 8.69. The Kier molecular flexibility index (Phi) is 20.0. The third-order valence-electron chi connectivity index (χ3n) is 4.79. The molecule has 0 spiro atoms. The Hall–Kier alpha value is -0.550. The van der Waals surface area contributed by atoms with Crippen LogP contribution in [0.3, 0.4) is 0 Å². The molecule has 0 bridgehead atoms. The van der Waals surface area contributed by atoms with E-state index < -0.39 is 0 Å². The molecule has 24 heavy (non-hydrogen) atoms. The molecule has 142 valence electrons. The number of hydrogen-bond acceptors (Lipinski definition) is 2. The Bertz CT molecular complexity index is 272. The molecule has 1 atom stereocenters. The van der Waals surface area contributed by atoms with Crippen LogP contribution in [0.1, 0.15) is 117 Å². The lowest BCUT2D eigenvalue weighted by atomic mass is 10.0. The van der Waals surface area contributed by atoms with Crippen molar-refractivity contribution in [1.29, 1.82) is 5.26 Å². The lowest BCUT2D eigenvalue weighted by Gasteiger charge is -2.05. The first-order valence-electron chi connectivity index (χ1n) is 10.8. The van der Waals surface area contributed by atoms with Gasteiger partial charge in [-0.3, -0.25) is 0 Å². The minimum absolute atomic E-state index is 0.176. The van der Waals surface area contributed by atoms with Gasteiger partial charge in [0.1, 0.15) is 0 Å². The topological polar surface area (TPSA) is 33.0 Å². The van der Waals surface area contributed by atoms with E-state index in [4.69, 9.17) is 10.00 Å². The molecule has 0 aliphatic rings. The average Bonchev–Trinajstić information content (AvgIpc) is 2.60. The SMILES string of the molecule is CCCCCCCCCCCCCCCCOCCCC(C)C#N. The molecule has 0 aromatic rings. The van der Waals surface area contributed by atoms with Gasteiger partial charge in [-0.15, -0.1) is 0 Å². The predicted molar refractivity (Wildman–Crippen MR) is 105 cm³/mol. The molecule has 0 aliphatic heterocycles. The van der Waals surface area contributed by atoms with Gasteiger partial charge in [-0.25, -0.2) is 0 Å². The molecular formula is C22H43NO. The zero-order valence-electron chi connectivity index (χ0n) is 16.7. The standard InChI is InChI=1S/C22H43NO/c1-3-4-5-6-7-8-9-10-11-12-13-14-15-16-19-24-20-17-18-22(2)21-23/h22H,3-20H2,1-2H3. The highest BCUT2D eigenvalue weighted by Gasteiger charge is 1.98. The molecule has 1 unspecified atom stereocenters. The minimum Gasteiger partial charge on any atom is -0.381 e. The van der Waals surface area contributed by atoms with Crippen molar-refractivity contribution >= 4 is 0 Å². The third-order valence-corrected chi connectivity index (χ3v) is 4.79. The Morgan fingerprint density at radius 2 is 1.08 bits per heavy atom. The van der Waals surface area contributed by atoms with Crippen molar-refractivity contribution in [2.24, 2.45) is 5.92 Å². The van der Waals surface area contributed by atoms with Crippen LogP contribution in [0.15, 0.2) is 0 Å². The van der Waals surface area contributed by atoms with Gasteiger partial charge in [0.2, 0.25) is 0 Å². The Morgan fingerprint density at radius 1 is 0.667 bits per heavy atom. The van der Waals surface area contributed by atoms with E-state index in [-0.39, 0.29) is 5.92 Å². The molecule has 0 radical (unpaired) electrons. The molecule has 0 heterocycles. The van der Waals surface area contributed by atoms with Gasteiger partial charge in [0.15, 0.2) is 0 Å². The van der Waals surface area contributed by atoms with Crippen LogP contribution in [0.2, 0.25) is 0 Å². The van der Waals surface area contributed by atoms with E-state index in [2.05, 4.69) is 13.0 Å². The van der Waals surface area contributed by atoms with E-state index in [9.17, 15) is 0 Å². The smallest absolute Gasteiger partial charge is 0.0652 e. The van der Waals surface area contributed by atoms with Crippen molar-refractivity contribution in [3.63, 3.8) is 0 Å². The van der Waals surface area contributed by atoms with Gasteiger partial charge in [0.25, 0.3) is 0 Å². The first-order chi connectivity index (χ1) is 11.8. The minimum atomic E-state index is 0.176. The number of nitriles is 1. The van der Waals surface area contributed by atoms with Gasteiger partial charge in [0.05, 0.1) is 6.07 Å². The summed E-state index contributed by atoms with van der Waals surface area (Å²) < 4.78 is 5.63. The maximum Gasteiger partial charge on any atom is 0.0652 e. The summed E-state index contributed by atoms with van der Waals surface area (Å²) in [6.45, 7) is 5.99. The Labute approximate surface area is 152 Å². The summed E-state index contributed by atoms with van der Waals surface area (Å²) in [4.78, 5) is 0. The van der Waals surface area contributed by atoms with Gasteiger partial charge in [-0.05, 0) is 26.2 Å². The second-order valence-corrected chi connectivity index (χ2v) is 7.38. The first kappa shape index (κ1) is 23.4. The highest BCUT2D eigenvalue weighted by atomic mass is 16.5. The fourth-order valence-electron chi connectivity index (χ4n) is 3.06. The molecule has 0 N–H and O–H groups in total. The maximum atomic E-state index is 8.69. The van der Waals surface area contributed by atoms with Crippen molar-refractivity contribution in [2.45, 2.75) is 117 Å². The summed E-state index contributed by atoms with van der Waals surface area (Å²) in [7, 11) is 0. The van der Waals surface area contributed by atoms with Gasteiger partial charge >= 0.3 is 0 Å². The van der Waals surface area contributed by atoms with Crippen LogP contribution >= 0.6 is 0 Å². The van der Waals surface area contributed by atoms with Crippen LogP contribution in [-0.2, 0) is 4.74 Å². The van der Waals surface area contributed by atoms with Crippen LogP contribution in [-0.4, -0.2) is 13.2 Å². The molecule has 0 rings (SSSR count). The maximum absolute atomic E-state index is 8.69. The number of rotatable bonds is 19. The lowest BCUT2D eigenvalue weighted by Crippen LogP contribution is -1.99. The van der Waals surface area contributed by atoms with Crippen LogP contribution in [0.4, 0.5) is 0 Å². The zero-order valence-corrected chi connectivity index (χ0v) is 16.7. The largest absolute Gasteiger partial charge is 0.381 e. The number of unbranched alkanes of at least 4 members (excludes halogenated alkanes) is 13. The average molecular weight is 338 g/mol. The van der Waals surface area contributed by atoms with E-state index in [1.165, 1.54) is 89.9 Å². The van der Waals surface area contributed by atoms with Crippen molar-refractivity contribution in [2.75, 3.05) is 13.2 Å². The fourth-order valence-corrected chi connectivity index (χ4v) is 3.06. The van der Waals surface area contributed by atoms with E-state index >= 15 is 0 Å². The van der Waals surface area contributed by atoms with Crippen LogP contribution in [0.5, 0.6) is 0 Å². The molecule has 2 heteroatoms. The van der Waals surface area contributed by atoms with E-state index in [0.717, 1.165) is 26.1 Å². The second kappa shape index (κ2) is 20.5. The monoisotopic (exact) mass is 337 g/mol. The highest BCUT2D eigenvalue weighted by molar-refractivity contribution is 4.77. The van der Waals surface area contributed by atoms with E-state index in [0.29, 0.717) is 0 Å². The molecule has 0 aliphatic carbocycles. The van der Waals surface area contributed by atoms with Crippen LogP contribution in [0.25, 0.3) is 0 Å². The van der Waals surface area contributed by atoms with Crippen molar-refractivity contribution in [1.82, 2.24) is 0 Å². The van der Waals surface area contributed by atoms with Gasteiger partial charge in [0, 0.05) is 19.1 Å². The summed E-state index contributed by atoms with van der Waals surface area (Å²) in [6, 6.07) is 2.27. The van der Waals surface area contributed by atoms with Crippen molar-refractivity contribution in [3.8, 4) is 6.07 Å². The predicted octanol–water partition coefficient (Wildman–Crippen LogP) is 7.42. The second-order valence-electron chi connectivity index (χ2n) is 7.38. The number of ether oxygens (including phenoxy) is 1. The lowest BCUT2D eigenvalue weighted by molar-refractivity contribution is 0.124. The zero-order chi connectivity index (χ0) is 17.7. The summed E-state index contributed by atoms with van der Waals surface area (Å²) in [5.74, 6) is 0.176.